The van der Waals surface area contributed by atoms with Crippen LogP contribution in [0.2, 0.25) is 0 Å². The first-order valence-electron chi connectivity index (χ1n) is 12.6. The number of amides is 3. The molecule has 0 aliphatic carbocycles. The number of ketones is 1. The fourth-order valence-electron chi connectivity index (χ4n) is 3.87. The molecule has 200 valence electrons. The van der Waals surface area contributed by atoms with Gasteiger partial charge in [-0.2, -0.15) is 0 Å². The second-order valence-corrected chi connectivity index (χ2v) is 9.03. The zero-order chi connectivity index (χ0) is 27.5. The van der Waals surface area contributed by atoms with E-state index in [0.29, 0.717) is 10.6 Å². The molecule has 4 N–H and O–H groups in total. The zero-order valence-electron chi connectivity index (χ0n) is 21.6. The Morgan fingerprint density at radius 3 is 2.21 bits per heavy atom. The van der Waals surface area contributed by atoms with E-state index in [-0.39, 0.29) is 25.9 Å². The topological polar surface area (TPSA) is 132 Å². The molecule has 1 heterocycles. The fourth-order valence-corrected chi connectivity index (χ4v) is 3.87. The lowest BCUT2D eigenvalue weighted by molar-refractivity contribution is -0.123. The minimum atomic E-state index is -1.12. The number of aliphatic hydroxyl groups excluding tert-OH is 1. The van der Waals surface area contributed by atoms with E-state index in [2.05, 4.69) is 34.7 Å². The minimum Gasteiger partial charge on any atom is -0.391 e. The van der Waals surface area contributed by atoms with Gasteiger partial charge in [0.2, 0.25) is 0 Å². The van der Waals surface area contributed by atoms with E-state index in [1.807, 2.05) is 24.3 Å². The van der Waals surface area contributed by atoms with E-state index in [1.54, 1.807) is 36.7 Å². The minimum absolute atomic E-state index is 0.0461. The average molecular weight is 519 g/mol. The second-order valence-electron chi connectivity index (χ2n) is 9.03. The summed E-state index contributed by atoms with van der Waals surface area (Å²) in [6, 6.07) is 16.9. The van der Waals surface area contributed by atoms with Crippen LogP contribution in [0.5, 0.6) is 0 Å². The molecule has 38 heavy (non-hydrogen) atoms. The van der Waals surface area contributed by atoms with Crippen LogP contribution >= 0.6 is 0 Å². The van der Waals surface area contributed by atoms with Crippen LogP contribution in [-0.4, -0.2) is 56.8 Å². The molecule has 2 aromatic carbocycles. The number of hydrogen-bond acceptors (Lipinski definition) is 6. The first-order chi connectivity index (χ1) is 18.3. The van der Waals surface area contributed by atoms with Crippen molar-refractivity contribution in [1.82, 2.24) is 20.7 Å². The Balaban J connectivity index is 1.48. The number of Topliss-reactive ketones (excluding diaryl/α,β-unsaturated/α-hetero) is 1. The van der Waals surface area contributed by atoms with Gasteiger partial charge in [-0.3, -0.25) is 19.8 Å². The summed E-state index contributed by atoms with van der Waals surface area (Å²) in [6.07, 6.45) is 3.17. The molecule has 0 aliphatic heterocycles. The molecule has 0 aliphatic rings. The second kappa shape index (κ2) is 14.0. The molecular formula is C29H34N4O5. The predicted octanol–water partition coefficient (Wildman–Crippen LogP) is 3.74. The maximum atomic E-state index is 12.8. The van der Waals surface area contributed by atoms with Crippen LogP contribution in [0.15, 0.2) is 73.1 Å². The third-order valence-electron chi connectivity index (χ3n) is 6.15. The maximum absolute atomic E-state index is 12.8. The van der Waals surface area contributed by atoms with Crippen molar-refractivity contribution in [2.45, 2.75) is 51.8 Å². The van der Waals surface area contributed by atoms with Crippen LogP contribution in [-0.2, 0) is 17.8 Å². The van der Waals surface area contributed by atoms with Crippen LogP contribution in [0.4, 0.5) is 4.79 Å². The Morgan fingerprint density at radius 1 is 0.974 bits per heavy atom. The van der Waals surface area contributed by atoms with Crippen LogP contribution in [0.3, 0.4) is 0 Å². The summed E-state index contributed by atoms with van der Waals surface area (Å²) >= 11 is 0. The zero-order valence-corrected chi connectivity index (χ0v) is 21.6. The molecule has 0 bridgehead atoms. The van der Waals surface area contributed by atoms with Crippen molar-refractivity contribution in [3.63, 3.8) is 0 Å². The van der Waals surface area contributed by atoms with Crippen molar-refractivity contribution in [3.8, 4) is 11.1 Å². The highest BCUT2D eigenvalue weighted by molar-refractivity contribution is 5.98. The molecule has 0 unspecified atom stereocenters. The summed E-state index contributed by atoms with van der Waals surface area (Å²) in [5.74, 6) is -0.874. The van der Waals surface area contributed by atoms with Crippen LogP contribution in [0.25, 0.3) is 11.1 Å². The smallest absolute Gasteiger partial charge is 0.341 e. The highest BCUT2D eigenvalue weighted by Gasteiger charge is 2.26. The van der Waals surface area contributed by atoms with Crippen molar-refractivity contribution < 1.29 is 24.7 Å². The molecule has 3 amide bonds. The summed E-state index contributed by atoms with van der Waals surface area (Å²) < 4.78 is 0. The van der Waals surface area contributed by atoms with Gasteiger partial charge in [0.25, 0.3) is 5.91 Å². The number of carbonyl (C=O) groups is 3. The Labute approximate surface area is 222 Å². The van der Waals surface area contributed by atoms with Crippen molar-refractivity contribution in [2.24, 2.45) is 0 Å². The van der Waals surface area contributed by atoms with Crippen molar-refractivity contribution in [1.29, 1.82) is 0 Å². The molecule has 2 atom stereocenters. The number of hydrogen-bond donors (Lipinski definition) is 4. The first-order valence-corrected chi connectivity index (χ1v) is 12.6. The summed E-state index contributed by atoms with van der Waals surface area (Å²) in [5.41, 5.74) is 4.39. The third kappa shape index (κ3) is 8.22. The number of nitrogens with one attached hydrogen (secondary N) is 2. The molecule has 0 spiro atoms. The number of pyridine rings is 1. The van der Waals surface area contributed by atoms with E-state index < -0.39 is 29.9 Å². The van der Waals surface area contributed by atoms with Crippen molar-refractivity contribution >= 4 is 17.7 Å². The number of aryl methyl sites for hydroxylation is 1. The molecule has 0 saturated carbocycles. The van der Waals surface area contributed by atoms with Gasteiger partial charge in [-0.05, 0) is 60.2 Å². The lowest BCUT2D eigenvalue weighted by Crippen LogP contribution is -2.48. The summed E-state index contributed by atoms with van der Waals surface area (Å²) in [7, 11) is 0. The predicted molar refractivity (Wildman–Crippen MR) is 143 cm³/mol. The molecule has 9 heteroatoms. The number of nitrogens with zero attached hydrogens (tertiary/aromatic N) is 2. The number of aliphatic hydroxyl groups is 1. The van der Waals surface area contributed by atoms with Crippen LogP contribution in [0, 0.1) is 0 Å². The lowest BCUT2D eigenvalue weighted by atomic mass is 10.0. The molecule has 3 rings (SSSR count). The van der Waals surface area contributed by atoms with Gasteiger partial charge in [-0.25, -0.2) is 9.86 Å². The number of rotatable bonds is 12. The molecular weight excluding hydrogens is 484 g/mol. The quantitative estimate of drug-likeness (QED) is 0.213. The summed E-state index contributed by atoms with van der Waals surface area (Å²) in [5, 5.41) is 25.7. The van der Waals surface area contributed by atoms with Gasteiger partial charge in [0, 0.05) is 30.9 Å². The summed E-state index contributed by atoms with van der Waals surface area (Å²) in [4.78, 5) is 41.5. The Bertz CT molecular complexity index is 1200. The number of benzene rings is 2. The summed E-state index contributed by atoms with van der Waals surface area (Å²) in [6.45, 7) is 3.63. The Hall–Kier alpha value is -4.08. The fraction of sp³-hybridized carbons (Fsp3) is 0.310. The standard InChI is InChI=1S/C29H34N4O5/c1-3-21-8-10-23(11-9-21)24-12-14-25(15-13-24)28(36)32-27(20(2)34)26(35)7-5-17-33(38)29(37)31-19-22-6-4-16-30-18-22/h4,6,8-16,18,20,27,34,38H,3,5,7,17,19H2,1-2H3,(H,31,37)(H,32,36)/t20-,27+/m1/s1. The van der Waals surface area contributed by atoms with Crippen LogP contribution in [0.1, 0.15) is 48.2 Å². The highest BCUT2D eigenvalue weighted by Crippen LogP contribution is 2.21. The van der Waals surface area contributed by atoms with Gasteiger partial charge in [-0.15, -0.1) is 0 Å². The molecule has 0 fully saturated rings. The number of hydroxylamine groups is 2. The Morgan fingerprint density at radius 2 is 1.63 bits per heavy atom. The van der Waals surface area contributed by atoms with Gasteiger partial charge in [0.15, 0.2) is 5.78 Å². The first kappa shape index (κ1) is 28.5. The van der Waals surface area contributed by atoms with E-state index in [1.165, 1.54) is 12.5 Å². The molecule has 0 radical (unpaired) electrons. The number of urea groups is 1. The van der Waals surface area contributed by atoms with Gasteiger partial charge >= 0.3 is 6.03 Å². The molecule has 9 nitrogen and oxygen atoms in total. The van der Waals surface area contributed by atoms with Crippen molar-refractivity contribution in [3.05, 3.63) is 89.7 Å². The van der Waals surface area contributed by atoms with Crippen molar-refractivity contribution in [2.75, 3.05) is 6.54 Å². The van der Waals surface area contributed by atoms with Gasteiger partial charge < -0.3 is 15.7 Å². The van der Waals surface area contributed by atoms with E-state index in [0.717, 1.165) is 23.1 Å². The maximum Gasteiger partial charge on any atom is 0.341 e. The van der Waals surface area contributed by atoms with Gasteiger partial charge in [-0.1, -0.05) is 49.4 Å². The average Bonchev–Trinajstić information content (AvgIpc) is 2.94. The number of carbonyl (C=O) groups excluding carboxylic acids is 3. The molecule has 1 aromatic heterocycles. The molecule has 3 aromatic rings. The third-order valence-corrected chi connectivity index (χ3v) is 6.15. The monoisotopic (exact) mass is 518 g/mol. The normalized spacial score (nSPS) is 12.3. The van der Waals surface area contributed by atoms with Gasteiger partial charge in [0.05, 0.1) is 12.6 Å². The number of aromatic nitrogens is 1. The Kier molecular flexibility index (Phi) is 10.5. The van der Waals surface area contributed by atoms with E-state index in [9.17, 15) is 24.7 Å². The van der Waals surface area contributed by atoms with E-state index >= 15 is 0 Å². The molecule has 0 saturated heterocycles. The largest absolute Gasteiger partial charge is 0.391 e. The highest BCUT2D eigenvalue weighted by atomic mass is 16.5. The SMILES string of the molecule is CCc1ccc(-c2ccc(C(=O)N[C@H](C(=O)CCCN(O)C(=O)NCc3cccnc3)[C@@H](C)O)cc2)cc1. The lowest BCUT2D eigenvalue weighted by Gasteiger charge is -2.21. The van der Waals surface area contributed by atoms with E-state index in [4.69, 9.17) is 0 Å². The van der Waals surface area contributed by atoms with Gasteiger partial charge in [0.1, 0.15) is 6.04 Å². The van der Waals surface area contributed by atoms with Crippen LogP contribution < -0.4 is 10.6 Å².